The van der Waals surface area contributed by atoms with E-state index in [0.29, 0.717) is 0 Å². The number of hydrogen-bond donors (Lipinski definition) is 0. The molecular weight excluding hydrogens is 266 g/mol. The van der Waals surface area contributed by atoms with E-state index in [1.807, 2.05) is 19.2 Å². The van der Waals surface area contributed by atoms with Crippen LogP contribution < -0.4 is 0 Å². The Morgan fingerprint density at radius 3 is 3.11 bits per heavy atom. The molecule has 0 N–H and O–H groups in total. The number of halogens is 1. The molecule has 0 bridgehead atoms. The molecule has 0 aliphatic rings. The van der Waals surface area contributed by atoms with Gasteiger partial charge in [0.05, 0.1) is 17.3 Å². The average Bonchev–Trinajstić information content (AvgIpc) is 3.05. The second kappa shape index (κ2) is 4.71. The Labute approximate surface area is 114 Å². The molecule has 1 unspecified atom stereocenters. The topological polar surface area (TPSA) is 30.7 Å². The fourth-order valence-corrected chi connectivity index (χ4v) is 2.72. The van der Waals surface area contributed by atoms with Crippen LogP contribution in [0.4, 0.5) is 0 Å². The van der Waals surface area contributed by atoms with Crippen molar-refractivity contribution < 1.29 is 0 Å². The van der Waals surface area contributed by atoms with Crippen LogP contribution in [0.25, 0.3) is 15.8 Å². The van der Waals surface area contributed by atoms with Crippen molar-refractivity contribution in [2.75, 3.05) is 0 Å². The molecule has 0 spiro atoms. The van der Waals surface area contributed by atoms with Gasteiger partial charge in [0, 0.05) is 4.70 Å². The summed E-state index contributed by atoms with van der Waals surface area (Å²) in [5, 5.41) is 11.5. The zero-order valence-corrected chi connectivity index (χ0v) is 11.4. The Bertz CT molecular complexity index is 673. The third-order valence-electron chi connectivity index (χ3n) is 2.89. The van der Waals surface area contributed by atoms with Crippen molar-refractivity contribution in [3.05, 3.63) is 41.5 Å². The van der Waals surface area contributed by atoms with E-state index in [0.717, 1.165) is 17.8 Å². The fraction of sp³-hybridized carbons (Fsp3) is 0.231. The lowest BCUT2D eigenvalue weighted by atomic mass is 10.2. The van der Waals surface area contributed by atoms with Gasteiger partial charge in [0.1, 0.15) is 5.69 Å². The second-order valence-corrected chi connectivity index (χ2v) is 5.58. The Balaban J connectivity index is 2.00. The van der Waals surface area contributed by atoms with Gasteiger partial charge in [-0.3, -0.25) is 0 Å². The molecule has 92 valence electrons. The summed E-state index contributed by atoms with van der Waals surface area (Å²) in [5.41, 5.74) is 1.84. The second-order valence-electron chi connectivity index (χ2n) is 4.11. The summed E-state index contributed by atoms with van der Waals surface area (Å²) in [5.74, 6) is 0. The minimum atomic E-state index is -0.0661. The minimum absolute atomic E-state index is 0.0661. The quantitative estimate of drug-likeness (QED) is 0.673. The minimum Gasteiger partial charge on any atom is -0.220 e. The monoisotopic (exact) mass is 277 g/mol. The van der Waals surface area contributed by atoms with Crippen LogP contribution >= 0.6 is 22.9 Å². The van der Waals surface area contributed by atoms with Crippen molar-refractivity contribution in [2.45, 2.75) is 18.7 Å². The van der Waals surface area contributed by atoms with Crippen LogP contribution in [0, 0.1) is 0 Å². The van der Waals surface area contributed by atoms with Gasteiger partial charge in [-0.15, -0.1) is 28.0 Å². The highest BCUT2D eigenvalue weighted by Gasteiger charge is 2.10. The lowest BCUT2D eigenvalue weighted by Crippen LogP contribution is -1.93. The van der Waals surface area contributed by atoms with E-state index in [-0.39, 0.29) is 5.38 Å². The Morgan fingerprint density at radius 2 is 2.28 bits per heavy atom. The zero-order valence-electron chi connectivity index (χ0n) is 9.88. The van der Waals surface area contributed by atoms with Crippen LogP contribution in [0.1, 0.15) is 24.4 Å². The average molecular weight is 278 g/mol. The molecule has 0 aliphatic carbocycles. The maximum absolute atomic E-state index is 6.15. The predicted molar refractivity (Wildman–Crippen MR) is 75.6 cm³/mol. The number of thiophene rings is 1. The van der Waals surface area contributed by atoms with Crippen LogP contribution in [0.5, 0.6) is 0 Å². The van der Waals surface area contributed by atoms with Crippen molar-refractivity contribution >= 4 is 33.0 Å². The molecule has 0 aliphatic heterocycles. The predicted octanol–water partition coefficient (Wildman–Crippen LogP) is 4.17. The van der Waals surface area contributed by atoms with E-state index >= 15 is 0 Å². The number of aromatic nitrogens is 3. The lowest BCUT2D eigenvalue weighted by Gasteiger charge is -2.01. The molecule has 1 atom stereocenters. The van der Waals surface area contributed by atoms with Crippen LogP contribution in [0.2, 0.25) is 0 Å². The Morgan fingerprint density at radius 1 is 1.39 bits per heavy atom. The van der Waals surface area contributed by atoms with E-state index in [9.17, 15) is 0 Å². The SMILES string of the molecule is CCC(Cl)c1cn(-c2ccc3sccc3c2)nn1. The first-order chi connectivity index (χ1) is 8.78. The summed E-state index contributed by atoms with van der Waals surface area (Å²) in [6, 6.07) is 8.37. The summed E-state index contributed by atoms with van der Waals surface area (Å²) in [7, 11) is 0. The fourth-order valence-electron chi connectivity index (χ4n) is 1.85. The summed E-state index contributed by atoms with van der Waals surface area (Å²) >= 11 is 7.89. The highest BCUT2D eigenvalue weighted by Crippen LogP contribution is 2.25. The summed E-state index contributed by atoms with van der Waals surface area (Å²) in [6.07, 6.45) is 2.75. The molecule has 3 nitrogen and oxygen atoms in total. The van der Waals surface area contributed by atoms with Crippen molar-refractivity contribution in [3.8, 4) is 5.69 Å². The Hall–Kier alpha value is -1.39. The molecule has 2 aromatic heterocycles. The van der Waals surface area contributed by atoms with Crippen LogP contribution in [0.3, 0.4) is 0 Å². The largest absolute Gasteiger partial charge is 0.220 e. The molecule has 18 heavy (non-hydrogen) atoms. The molecule has 0 radical (unpaired) electrons. The maximum atomic E-state index is 6.15. The van der Waals surface area contributed by atoms with Crippen molar-refractivity contribution in [2.24, 2.45) is 0 Å². The van der Waals surface area contributed by atoms with Gasteiger partial charge in [-0.25, -0.2) is 4.68 Å². The number of benzene rings is 1. The molecule has 3 aromatic rings. The molecule has 0 saturated heterocycles. The lowest BCUT2D eigenvalue weighted by molar-refractivity contribution is 0.786. The van der Waals surface area contributed by atoms with Gasteiger partial charge in [-0.2, -0.15) is 0 Å². The third-order valence-corrected chi connectivity index (χ3v) is 4.32. The zero-order chi connectivity index (χ0) is 12.5. The normalized spacial score (nSPS) is 13.0. The molecule has 0 fully saturated rings. The van der Waals surface area contributed by atoms with Gasteiger partial charge in [0.25, 0.3) is 0 Å². The van der Waals surface area contributed by atoms with Crippen molar-refractivity contribution in [1.82, 2.24) is 15.0 Å². The van der Waals surface area contributed by atoms with Gasteiger partial charge in [-0.05, 0) is 41.5 Å². The first-order valence-electron chi connectivity index (χ1n) is 5.82. The third kappa shape index (κ3) is 2.02. The van der Waals surface area contributed by atoms with E-state index in [2.05, 4.69) is 33.9 Å². The Kier molecular flexibility index (Phi) is 3.06. The highest BCUT2D eigenvalue weighted by atomic mass is 35.5. The van der Waals surface area contributed by atoms with Gasteiger partial charge in [0.2, 0.25) is 0 Å². The number of fused-ring (bicyclic) bond motifs is 1. The van der Waals surface area contributed by atoms with Crippen LogP contribution in [-0.4, -0.2) is 15.0 Å². The van der Waals surface area contributed by atoms with Crippen molar-refractivity contribution in [1.29, 1.82) is 0 Å². The van der Waals surface area contributed by atoms with Gasteiger partial charge in [-0.1, -0.05) is 12.1 Å². The van der Waals surface area contributed by atoms with Crippen LogP contribution in [0.15, 0.2) is 35.8 Å². The molecule has 2 heterocycles. The van der Waals surface area contributed by atoms with Gasteiger partial charge >= 0.3 is 0 Å². The highest BCUT2D eigenvalue weighted by molar-refractivity contribution is 7.17. The molecule has 1 aromatic carbocycles. The number of alkyl halides is 1. The molecule has 0 amide bonds. The molecule has 5 heteroatoms. The van der Waals surface area contributed by atoms with Crippen LogP contribution in [-0.2, 0) is 0 Å². The first kappa shape index (κ1) is 11.7. The van der Waals surface area contributed by atoms with E-state index < -0.39 is 0 Å². The summed E-state index contributed by atoms with van der Waals surface area (Å²) in [6.45, 7) is 2.04. The van der Waals surface area contributed by atoms with E-state index in [1.54, 1.807) is 16.0 Å². The van der Waals surface area contributed by atoms with E-state index in [4.69, 9.17) is 11.6 Å². The molecular formula is C13H12ClN3S. The molecule has 3 rings (SSSR count). The first-order valence-corrected chi connectivity index (χ1v) is 7.13. The molecule has 0 saturated carbocycles. The smallest absolute Gasteiger partial charge is 0.101 e. The standard InChI is InChI=1S/C13H12ClN3S/c1-2-11(14)12-8-17(16-15-12)10-3-4-13-9(7-10)5-6-18-13/h3-8,11H,2H2,1H3. The number of nitrogens with zero attached hydrogens (tertiary/aromatic N) is 3. The maximum Gasteiger partial charge on any atom is 0.101 e. The number of hydrogen-bond acceptors (Lipinski definition) is 3. The summed E-state index contributed by atoms with van der Waals surface area (Å²) < 4.78 is 3.06. The van der Waals surface area contributed by atoms with Gasteiger partial charge < -0.3 is 0 Å². The van der Waals surface area contributed by atoms with Gasteiger partial charge in [0.15, 0.2) is 0 Å². The summed E-state index contributed by atoms with van der Waals surface area (Å²) in [4.78, 5) is 0. The number of rotatable bonds is 3. The van der Waals surface area contributed by atoms with E-state index in [1.165, 1.54) is 10.1 Å². The van der Waals surface area contributed by atoms with Crippen molar-refractivity contribution in [3.63, 3.8) is 0 Å².